The lowest BCUT2D eigenvalue weighted by Crippen LogP contribution is -2.29. The van der Waals surface area contributed by atoms with Crippen LogP contribution in [0.2, 0.25) is 0 Å². The van der Waals surface area contributed by atoms with Crippen LogP contribution in [0.15, 0.2) is 30.3 Å². The summed E-state index contributed by atoms with van der Waals surface area (Å²) >= 11 is 16.5. The van der Waals surface area contributed by atoms with Gasteiger partial charge in [-0.2, -0.15) is 0 Å². The van der Waals surface area contributed by atoms with Gasteiger partial charge < -0.3 is 10.1 Å². The summed E-state index contributed by atoms with van der Waals surface area (Å²) in [6.45, 7) is 2.36. The van der Waals surface area contributed by atoms with Crippen LogP contribution < -0.4 is 5.32 Å². The van der Waals surface area contributed by atoms with Gasteiger partial charge in [-0.15, -0.1) is 0 Å². The summed E-state index contributed by atoms with van der Waals surface area (Å²) in [7, 11) is 0. The Morgan fingerprint density at radius 2 is 1.95 bits per heavy atom. The average Bonchev–Trinajstić information content (AvgIpc) is 2.34. The van der Waals surface area contributed by atoms with Crippen LogP contribution in [0.4, 0.5) is 0 Å². The zero-order valence-electron chi connectivity index (χ0n) is 10.5. The second kappa shape index (κ2) is 7.95. The molecule has 106 valence electrons. The van der Waals surface area contributed by atoms with Crippen molar-refractivity contribution < 1.29 is 9.53 Å². The van der Waals surface area contributed by atoms with E-state index in [0.29, 0.717) is 6.54 Å². The van der Waals surface area contributed by atoms with Crippen molar-refractivity contribution in [3.05, 3.63) is 35.9 Å². The fourth-order valence-corrected chi connectivity index (χ4v) is 1.60. The predicted molar refractivity (Wildman–Crippen MR) is 78.6 cm³/mol. The minimum atomic E-state index is -1.56. The number of rotatable bonds is 6. The van der Waals surface area contributed by atoms with Crippen molar-refractivity contribution in [1.29, 1.82) is 0 Å². The van der Waals surface area contributed by atoms with Gasteiger partial charge in [0, 0.05) is 12.6 Å². The summed E-state index contributed by atoms with van der Waals surface area (Å²) in [6.07, 6.45) is 0.230. The molecule has 0 aromatic heterocycles. The highest BCUT2D eigenvalue weighted by Gasteiger charge is 2.22. The molecule has 0 bridgehead atoms. The largest absolute Gasteiger partial charge is 0.461 e. The molecule has 19 heavy (non-hydrogen) atoms. The van der Waals surface area contributed by atoms with E-state index >= 15 is 0 Å². The minimum Gasteiger partial charge on any atom is -0.461 e. The molecule has 0 saturated carbocycles. The summed E-state index contributed by atoms with van der Waals surface area (Å²) in [5.74, 6) is -0.389. The number of carbonyl (C=O) groups excluding carboxylic acids is 1. The van der Waals surface area contributed by atoms with Crippen LogP contribution >= 0.6 is 34.8 Å². The SMILES string of the molecule is CC(CC(=O)OCC(Cl)(Cl)Cl)NCc1ccccc1. The molecule has 0 fully saturated rings. The monoisotopic (exact) mass is 323 g/mol. The molecule has 0 aliphatic carbocycles. The first-order valence-electron chi connectivity index (χ1n) is 5.86. The zero-order chi connectivity index (χ0) is 14.3. The van der Waals surface area contributed by atoms with Gasteiger partial charge in [-0.05, 0) is 12.5 Å². The van der Waals surface area contributed by atoms with E-state index in [4.69, 9.17) is 39.5 Å². The fourth-order valence-electron chi connectivity index (χ4n) is 1.43. The summed E-state index contributed by atoms with van der Waals surface area (Å²) in [4.78, 5) is 11.5. The normalized spacial score (nSPS) is 13.1. The zero-order valence-corrected chi connectivity index (χ0v) is 12.8. The Morgan fingerprint density at radius 1 is 1.32 bits per heavy atom. The van der Waals surface area contributed by atoms with Crippen molar-refractivity contribution in [1.82, 2.24) is 5.32 Å². The van der Waals surface area contributed by atoms with Gasteiger partial charge in [-0.3, -0.25) is 4.79 Å². The van der Waals surface area contributed by atoms with Gasteiger partial charge in [-0.25, -0.2) is 0 Å². The van der Waals surface area contributed by atoms with Gasteiger partial charge >= 0.3 is 5.97 Å². The molecule has 3 nitrogen and oxygen atoms in total. The van der Waals surface area contributed by atoms with Crippen LogP contribution in [0.25, 0.3) is 0 Å². The summed E-state index contributed by atoms with van der Waals surface area (Å²) < 4.78 is 3.30. The van der Waals surface area contributed by atoms with Gasteiger partial charge in [0.2, 0.25) is 3.79 Å². The maximum atomic E-state index is 11.5. The van der Waals surface area contributed by atoms with Gasteiger partial charge in [0.05, 0.1) is 6.42 Å². The molecular weight excluding hydrogens is 309 g/mol. The first-order chi connectivity index (χ1) is 8.87. The molecule has 0 aliphatic heterocycles. The second-order valence-corrected chi connectivity index (χ2v) is 6.76. The van der Waals surface area contributed by atoms with E-state index < -0.39 is 3.79 Å². The minimum absolute atomic E-state index is 0.0110. The summed E-state index contributed by atoms with van der Waals surface area (Å²) in [5.41, 5.74) is 1.16. The Hall–Kier alpha value is -0.480. The summed E-state index contributed by atoms with van der Waals surface area (Å²) in [5, 5.41) is 3.23. The lowest BCUT2D eigenvalue weighted by molar-refractivity contribution is -0.144. The van der Waals surface area contributed by atoms with Crippen LogP contribution in [0.3, 0.4) is 0 Å². The van der Waals surface area contributed by atoms with Crippen LogP contribution in [0.1, 0.15) is 18.9 Å². The van der Waals surface area contributed by atoms with Gasteiger partial charge in [0.25, 0.3) is 0 Å². The molecule has 1 aromatic rings. The quantitative estimate of drug-likeness (QED) is 0.643. The number of hydrogen-bond acceptors (Lipinski definition) is 3. The van der Waals surface area contributed by atoms with Crippen molar-refractivity contribution in [2.24, 2.45) is 0 Å². The van der Waals surface area contributed by atoms with Crippen molar-refractivity contribution in [3.8, 4) is 0 Å². The maximum Gasteiger partial charge on any atom is 0.307 e. The number of nitrogens with one attached hydrogen (secondary N) is 1. The average molecular weight is 325 g/mol. The summed E-state index contributed by atoms with van der Waals surface area (Å²) in [6, 6.07) is 9.92. The van der Waals surface area contributed by atoms with Crippen molar-refractivity contribution in [3.63, 3.8) is 0 Å². The first kappa shape index (κ1) is 16.6. The molecule has 0 heterocycles. The van der Waals surface area contributed by atoms with E-state index in [1.165, 1.54) is 0 Å². The highest BCUT2D eigenvalue weighted by Crippen LogP contribution is 2.26. The molecule has 0 spiro atoms. The third-order valence-corrected chi connectivity index (χ3v) is 2.69. The third-order valence-electron chi connectivity index (χ3n) is 2.37. The van der Waals surface area contributed by atoms with E-state index in [0.717, 1.165) is 5.56 Å². The molecule has 6 heteroatoms. The number of alkyl halides is 3. The number of hydrogen-bond donors (Lipinski definition) is 1. The Balaban J connectivity index is 2.24. The van der Waals surface area contributed by atoms with Crippen LogP contribution in [0, 0.1) is 0 Å². The molecule has 1 atom stereocenters. The van der Waals surface area contributed by atoms with E-state index in [9.17, 15) is 4.79 Å². The first-order valence-corrected chi connectivity index (χ1v) is 7.00. The smallest absolute Gasteiger partial charge is 0.307 e. The molecule has 1 N–H and O–H groups in total. The predicted octanol–water partition coefficient (Wildman–Crippen LogP) is 3.47. The topological polar surface area (TPSA) is 38.3 Å². The molecule has 1 aromatic carbocycles. The van der Waals surface area contributed by atoms with Crippen molar-refractivity contribution in [2.75, 3.05) is 6.61 Å². The van der Waals surface area contributed by atoms with E-state index in [1.807, 2.05) is 37.3 Å². The highest BCUT2D eigenvalue weighted by atomic mass is 35.6. The number of benzene rings is 1. The molecule has 0 aliphatic rings. The van der Waals surface area contributed by atoms with E-state index in [2.05, 4.69) is 5.32 Å². The van der Waals surface area contributed by atoms with Gasteiger partial charge in [0.15, 0.2) is 0 Å². The highest BCUT2D eigenvalue weighted by molar-refractivity contribution is 6.67. The second-order valence-electron chi connectivity index (χ2n) is 4.25. The maximum absolute atomic E-state index is 11.5. The van der Waals surface area contributed by atoms with E-state index in [1.54, 1.807) is 0 Å². The Bertz CT molecular complexity index is 393. The Morgan fingerprint density at radius 3 is 2.53 bits per heavy atom. The van der Waals surface area contributed by atoms with Crippen LogP contribution in [-0.4, -0.2) is 22.4 Å². The lowest BCUT2D eigenvalue weighted by atomic mass is 10.2. The number of halogens is 3. The van der Waals surface area contributed by atoms with E-state index in [-0.39, 0.29) is 25.0 Å². The van der Waals surface area contributed by atoms with Crippen LogP contribution in [0.5, 0.6) is 0 Å². The van der Waals surface area contributed by atoms with Gasteiger partial charge in [0.1, 0.15) is 6.61 Å². The molecular formula is C13H16Cl3NO2. The lowest BCUT2D eigenvalue weighted by Gasteiger charge is -2.15. The third kappa shape index (κ3) is 8.32. The molecule has 0 radical (unpaired) electrons. The van der Waals surface area contributed by atoms with Crippen molar-refractivity contribution >= 4 is 40.8 Å². The standard InChI is InChI=1S/C13H16Cl3NO2/c1-10(7-12(18)19-9-13(14,15)16)17-8-11-5-3-2-4-6-11/h2-6,10,17H,7-9H2,1H3. The molecule has 1 unspecified atom stereocenters. The number of ether oxygens (including phenoxy) is 1. The van der Waals surface area contributed by atoms with Gasteiger partial charge in [-0.1, -0.05) is 65.1 Å². The molecule has 0 saturated heterocycles. The molecule has 0 amide bonds. The number of esters is 1. The molecule has 1 rings (SSSR count). The Kier molecular flexibility index (Phi) is 6.94. The van der Waals surface area contributed by atoms with Crippen LogP contribution in [-0.2, 0) is 16.1 Å². The Labute approximate surface area is 128 Å². The fraction of sp³-hybridized carbons (Fsp3) is 0.462. The van der Waals surface area contributed by atoms with Crippen molar-refractivity contribution in [2.45, 2.75) is 29.7 Å². The number of carbonyl (C=O) groups is 1.